The van der Waals surface area contributed by atoms with E-state index in [9.17, 15) is 24.6 Å². The molecule has 28 heavy (non-hydrogen) atoms. The van der Waals surface area contributed by atoms with Gasteiger partial charge >= 0.3 is 11.9 Å². The van der Waals surface area contributed by atoms with E-state index in [0.717, 1.165) is 5.56 Å². The first-order valence-corrected chi connectivity index (χ1v) is 9.52. The molecule has 0 saturated carbocycles. The Balaban J connectivity index is 2.43. The molecule has 10 heteroatoms. The third kappa shape index (κ3) is 8.31. The molecule has 0 fully saturated rings. The number of carbonyl (C=O) groups is 3. The van der Waals surface area contributed by atoms with Crippen LogP contribution >= 0.6 is 11.8 Å². The molecule has 0 spiro atoms. The van der Waals surface area contributed by atoms with E-state index in [1.54, 1.807) is 18.2 Å². The van der Waals surface area contributed by atoms with E-state index in [0.29, 0.717) is 11.5 Å². The number of hydrogen-bond donors (Lipinski definition) is 5. The molecule has 0 heterocycles. The van der Waals surface area contributed by atoms with E-state index in [1.807, 2.05) is 6.08 Å². The van der Waals surface area contributed by atoms with Crippen LogP contribution in [0.15, 0.2) is 24.3 Å². The van der Waals surface area contributed by atoms with Crippen LogP contribution in [0.3, 0.4) is 0 Å². The number of carboxylic acid groups (broad SMARTS) is 2. The van der Waals surface area contributed by atoms with Crippen molar-refractivity contribution in [2.24, 2.45) is 5.73 Å². The van der Waals surface area contributed by atoms with Crippen LogP contribution in [0.2, 0.25) is 0 Å². The molecule has 1 rings (SSSR count). The summed E-state index contributed by atoms with van der Waals surface area (Å²) in [5, 5.41) is 29.8. The van der Waals surface area contributed by atoms with Crippen molar-refractivity contribution in [2.75, 3.05) is 18.6 Å². The Labute approximate surface area is 166 Å². The van der Waals surface area contributed by atoms with Gasteiger partial charge in [0.05, 0.1) is 7.11 Å². The van der Waals surface area contributed by atoms with E-state index < -0.39 is 29.9 Å². The number of thioether (sulfide) groups is 1. The van der Waals surface area contributed by atoms with Crippen LogP contribution in [0.25, 0.3) is 6.08 Å². The highest BCUT2D eigenvalue weighted by Gasteiger charge is 2.21. The van der Waals surface area contributed by atoms with Gasteiger partial charge in [0.2, 0.25) is 5.91 Å². The van der Waals surface area contributed by atoms with Crippen molar-refractivity contribution in [1.82, 2.24) is 5.32 Å². The highest BCUT2D eigenvalue weighted by atomic mass is 32.2. The molecule has 0 aromatic heterocycles. The summed E-state index contributed by atoms with van der Waals surface area (Å²) in [7, 11) is 1.45. The highest BCUT2D eigenvalue weighted by molar-refractivity contribution is 7.99. The second-order valence-corrected chi connectivity index (χ2v) is 6.89. The Bertz CT molecular complexity index is 724. The smallest absolute Gasteiger partial charge is 0.327 e. The van der Waals surface area contributed by atoms with Crippen LogP contribution in [-0.2, 0) is 14.4 Å². The van der Waals surface area contributed by atoms with Gasteiger partial charge in [0.1, 0.15) is 12.1 Å². The lowest BCUT2D eigenvalue weighted by atomic mass is 10.1. The summed E-state index contributed by atoms with van der Waals surface area (Å²) in [4.78, 5) is 33.7. The second kappa shape index (κ2) is 11.9. The van der Waals surface area contributed by atoms with E-state index in [2.05, 4.69) is 5.32 Å². The van der Waals surface area contributed by atoms with Gasteiger partial charge in [0.15, 0.2) is 11.5 Å². The van der Waals surface area contributed by atoms with Crippen molar-refractivity contribution in [2.45, 2.75) is 24.9 Å². The Morgan fingerprint density at radius 2 is 2.00 bits per heavy atom. The summed E-state index contributed by atoms with van der Waals surface area (Å²) in [6.45, 7) is 0. The van der Waals surface area contributed by atoms with Crippen LogP contribution in [0.5, 0.6) is 11.5 Å². The maximum Gasteiger partial charge on any atom is 0.327 e. The van der Waals surface area contributed by atoms with Gasteiger partial charge in [-0.2, -0.15) is 11.8 Å². The summed E-state index contributed by atoms with van der Waals surface area (Å²) in [5.74, 6) is -1.89. The van der Waals surface area contributed by atoms with Crippen molar-refractivity contribution in [3.8, 4) is 11.5 Å². The van der Waals surface area contributed by atoms with Gasteiger partial charge in [-0.1, -0.05) is 18.2 Å². The molecular weight excluding hydrogens is 388 g/mol. The fourth-order valence-corrected chi connectivity index (χ4v) is 2.92. The molecule has 0 aliphatic carbocycles. The molecule has 6 N–H and O–H groups in total. The zero-order chi connectivity index (χ0) is 21.1. The first kappa shape index (κ1) is 23.3. The Morgan fingerprint density at radius 3 is 2.61 bits per heavy atom. The number of aromatic hydroxyl groups is 1. The van der Waals surface area contributed by atoms with Gasteiger partial charge < -0.3 is 31.1 Å². The largest absolute Gasteiger partial charge is 0.504 e. The number of nitrogens with two attached hydrogens (primary N) is 1. The summed E-state index contributed by atoms with van der Waals surface area (Å²) in [5.41, 5.74) is 6.13. The molecule has 0 aliphatic rings. The molecule has 0 aliphatic heterocycles. The van der Waals surface area contributed by atoms with Crippen LogP contribution in [-0.4, -0.2) is 63.9 Å². The first-order chi connectivity index (χ1) is 13.2. The van der Waals surface area contributed by atoms with E-state index in [4.69, 9.17) is 15.6 Å². The number of phenolic OH excluding ortho intramolecular Hbond substituents is 1. The summed E-state index contributed by atoms with van der Waals surface area (Å²) in [6.07, 6.45) is 3.39. The number of carboxylic acids is 2. The molecule has 0 bridgehead atoms. The Kier molecular flexibility index (Phi) is 9.89. The summed E-state index contributed by atoms with van der Waals surface area (Å²) >= 11 is 1.31. The molecule has 1 aromatic carbocycles. The van der Waals surface area contributed by atoms with Gasteiger partial charge in [-0.25, -0.2) is 4.79 Å². The third-order valence-electron chi connectivity index (χ3n) is 3.65. The topological polar surface area (TPSA) is 159 Å². The number of methoxy groups -OCH3 is 1. The number of hydrogen-bond acceptors (Lipinski definition) is 7. The highest BCUT2D eigenvalue weighted by Crippen LogP contribution is 2.26. The maximum absolute atomic E-state index is 11.8. The Hall–Kier alpha value is -2.72. The fourth-order valence-electron chi connectivity index (χ4n) is 2.09. The minimum atomic E-state index is -1.21. The number of phenols is 1. The average Bonchev–Trinajstić information content (AvgIpc) is 2.65. The maximum atomic E-state index is 11.8. The lowest BCUT2D eigenvalue weighted by Gasteiger charge is -2.14. The van der Waals surface area contributed by atoms with Gasteiger partial charge in [-0.15, -0.1) is 0 Å². The molecular formula is C18H24N2O7S. The molecule has 0 saturated heterocycles. The quantitative estimate of drug-likeness (QED) is 0.314. The minimum absolute atomic E-state index is 0.0402. The number of aliphatic carboxylic acids is 2. The number of ether oxygens (including phenoxy) is 1. The van der Waals surface area contributed by atoms with Gasteiger partial charge in [-0.3, -0.25) is 9.59 Å². The second-order valence-electron chi connectivity index (χ2n) is 5.81. The molecule has 154 valence electrons. The van der Waals surface area contributed by atoms with Gasteiger partial charge in [-0.05, 0) is 24.1 Å². The molecule has 2 atom stereocenters. The van der Waals surface area contributed by atoms with Crippen molar-refractivity contribution < 1.29 is 34.4 Å². The van der Waals surface area contributed by atoms with E-state index in [-0.39, 0.29) is 24.3 Å². The minimum Gasteiger partial charge on any atom is -0.504 e. The standard InChI is InChI=1S/C18H24N2O7S/c1-27-15-9-11(4-6-14(15)21)3-2-8-28-10-13(18(25)26)20-16(22)7-5-12(19)17(23)24/h2-4,6,9,12-13,21H,5,7-8,10,19H2,1H3,(H,20,22)(H,23,24)(H,25,26)/t12-,13-/m0/s1. The predicted octanol–water partition coefficient (Wildman–Crippen LogP) is 0.909. The van der Waals surface area contributed by atoms with Crippen molar-refractivity contribution >= 4 is 35.7 Å². The molecule has 1 aromatic rings. The van der Waals surface area contributed by atoms with Crippen molar-refractivity contribution in [3.63, 3.8) is 0 Å². The normalized spacial score (nSPS) is 13.1. The van der Waals surface area contributed by atoms with E-state index in [1.165, 1.54) is 24.9 Å². The third-order valence-corrected chi connectivity index (χ3v) is 4.64. The molecule has 0 unspecified atom stereocenters. The molecule has 1 amide bonds. The lowest BCUT2D eigenvalue weighted by molar-refractivity contribution is -0.141. The van der Waals surface area contributed by atoms with Gasteiger partial charge in [0, 0.05) is 17.9 Å². The van der Waals surface area contributed by atoms with E-state index >= 15 is 0 Å². The zero-order valence-corrected chi connectivity index (χ0v) is 16.1. The fraction of sp³-hybridized carbons (Fsp3) is 0.389. The van der Waals surface area contributed by atoms with Crippen LogP contribution < -0.4 is 15.8 Å². The van der Waals surface area contributed by atoms with Crippen LogP contribution in [0, 0.1) is 0 Å². The monoisotopic (exact) mass is 412 g/mol. The summed E-state index contributed by atoms with van der Waals surface area (Å²) in [6, 6.07) is 2.64. The van der Waals surface area contributed by atoms with Crippen molar-refractivity contribution in [3.05, 3.63) is 29.8 Å². The number of amides is 1. The predicted molar refractivity (Wildman–Crippen MR) is 105 cm³/mol. The van der Waals surface area contributed by atoms with Gasteiger partial charge in [0.25, 0.3) is 0 Å². The first-order valence-electron chi connectivity index (χ1n) is 8.36. The summed E-state index contributed by atoms with van der Waals surface area (Å²) < 4.78 is 5.02. The molecule has 9 nitrogen and oxygen atoms in total. The lowest BCUT2D eigenvalue weighted by Crippen LogP contribution is -2.43. The Morgan fingerprint density at radius 1 is 1.29 bits per heavy atom. The average molecular weight is 412 g/mol. The SMILES string of the molecule is COc1cc(C=CCSC[C@H](NC(=O)CC[C@H](N)C(=O)O)C(=O)O)ccc1O. The number of benzene rings is 1. The van der Waals surface area contributed by atoms with Crippen LogP contribution in [0.1, 0.15) is 18.4 Å². The van der Waals surface area contributed by atoms with Crippen LogP contribution in [0.4, 0.5) is 0 Å². The number of rotatable bonds is 12. The van der Waals surface area contributed by atoms with Crippen molar-refractivity contribution in [1.29, 1.82) is 0 Å². The number of carbonyl (C=O) groups excluding carboxylic acids is 1. The zero-order valence-electron chi connectivity index (χ0n) is 15.3. The number of nitrogens with one attached hydrogen (secondary N) is 1. The molecule has 0 radical (unpaired) electrons.